The van der Waals surface area contributed by atoms with Crippen LogP contribution in [0.4, 0.5) is 0 Å². The number of hydrogen-bond acceptors (Lipinski definition) is 2. The Bertz CT molecular complexity index is 381. The molecule has 2 nitrogen and oxygen atoms in total. The van der Waals surface area contributed by atoms with Gasteiger partial charge in [0, 0.05) is 10.8 Å². The summed E-state index contributed by atoms with van der Waals surface area (Å²) in [5.74, 6) is 0. The molecule has 11 heavy (non-hydrogen) atoms. The number of aromatic nitrogens is 2. The van der Waals surface area contributed by atoms with E-state index in [9.17, 15) is 0 Å². The lowest BCUT2D eigenvalue weighted by molar-refractivity contribution is 1.08. The highest BCUT2D eigenvalue weighted by Crippen LogP contribution is 2.09. The SMILES string of the molecule is Pc1nncc2ccccc12. The van der Waals surface area contributed by atoms with Crippen molar-refractivity contribution >= 4 is 25.4 Å². The molecule has 1 heterocycles. The molecule has 0 amide bonds. The summed E-state index contributed by atoms with van der Waals surface area (Å²) in [7, 11) is 2.57. The zero-order valence-electron chi connectivity index (χ0n) is 5.86. The van der Waals surface area contributed by atoms with Gasteiger partial charge in [-0.25, -0.2) is 0 Å². The third-order valence-corrected chi connectivity index (χ3v) is 2.03. The van der Waals surface area contributed by atoms with Gasteiger partial charge in [0.1, 0.15) is 0 Å². The highest BCUT2D eigenvalue weighted by atomic mass is 31.0. The standard InChI is InChI=1S/C8H7N2P/c11-8-7-4-2-1-3-6(7)5-9-10-8/h1-5H,11H2. The molecular weight excluding hydrogens is 155 g/mol. The van der Waals surface area contributed by atoms with E-state index in [0.29, 0.717) is 0 Å². The number of rotatable bonds is 0. The van der Waals surface area contributed by atoms with Crippen LogP contribution in [0.15, 0.2) is 30.5 Å². The molecule has 0 aliphatic heterocycles. The Morgan fingerprint density at radius 1 is 1.18 bits per heavy atom. The van der Waals surface area contributed by atoms with E-state index in [0.717, 1.165) is 16.2 Å². The minimum atomic E-state index is 0.906. The van der Waals surface area contributed by atoms with Crippen LogP contribution in [-0.2, 0) is 0 Å². The molecule has 0 N–H and O–H groups in total. The Kier molecular flexibility index (Phi) is 1.55. The lowest BCUT2D eigenvalue weighted by Crippen LogP contribution is -2.00. The van der Waals surface area contributed by atoms with Crippen LogP contribution >= 0.6 is 9.24 Å². The molecule has 0 saturated heterocycles. The average molecular weight is 162 g/mol. The minimum absolute atomic E-state index is 0.906. The normalized spacial score (nSPS) is 10.3. The Morgan fingerprint density at radius 2 is 2.00 bits per heavy atom. The molecule has 54 valence electrons. The maximum Gasteiger partial charge on any atom is 0.0873 e. The summed E-state index contributed by atoms with van der Waals surface area (Å²) >= 11 is 0. The number of fused-ring (bicyclic) bond motifs is 1. The summed E-state index contributed by atoms with van der Waals surface area (Å²) in [6.07, 6.45) is 1.77. The smallest absolute Gasteiger partial charge is 0.0873 e. The van der Waals surface area contributed by atoms with Crippen molar-refractivity contribution in [1.29, 1.82) is 0 Å². The molecule has 0 bridgehead atoms. The zero-order chi connectivity index (χ0) is 7.68. The maximum atomic E-state index is 3.92. The first kappa shape index (κ1) is 6.68. The molecular formula is C8H7N2P. The van der Waals surface area contributed by atoms with Gasteiger partial charge < -0.3 is 0 Å². The van der Waals surface area contributed by atoms with E-state index < -0.39 is 0 Å². The summed E-state index contributed by atoms with van der Waals surface area (Å²) in [6, 6.07) is 8.05. The van der Waals surface area contributed by atoms with Crippen molar-refractivity contribution < 1.29 is 0 Å². The van der Waals surface area contributed by atoms with E-state index in [1.807, 2.05) is 24.3 Å². The predicted molar refractivity (Wildman–Crippen MR) is 48.9 cm³/mol. The van der Waals surface area contributed by atoms with Gasteiger partial charge in [0.25, 0.3) is 0 Å². The van der Waals surface area contributed by atoms with Crippen LogP contribution < -0.4 is 5.44 Å². The molecule has 0 radical (unpaired) electrons. The Labute approximate surface area is 66.9 Å². The van der Waals surface area contributed by atoms with E-state index in [-0.39, 0.29) is 0 Å². The Balaban J connectivity index is 2.91. The molecule has 0 fully saturated rings. The van der Waals surface area contributed by atoms with Gasteiger partial charge in [-0.3, -0.25) is 0 Å². The van der Waals surface area contributed by atoms with Crippen molar-refractivity contribution in [1.82, 2.24) is 10.2 Å². The van der Waals surface area contributed by atoms with Crippen molar-refractivity contribution in [2.24, 2.45) is 0 Å². The average Bonchev–Trinajstić information content (AvgIpc) is 2.06. The van der Waals surface area contributed by atoms with E-state index in [4.69, 9.17) is 0 Å². The minimum Gasteiger partial charge on any atom is -0.158 e. The fourth-order valence-electron chi connectivity index (χ4n) is 1.05. The topological polar surface area (TPSA) is 25.8 Å². The second-order valence-electron chi connectivity index (χ2n) is 2.32. The Morgan fingerprint density at radius 3 is 2.82 bits per heavy atom. The predicted octanol–water partition coefficient (Wildman–Crippen LogP) is 1.13. The van der Waals surface area contributed by atoms with Gasteiger partial charge in [0.2, 0.25) is 0 Å². The highest BCUT2D eigenvalue weighted by Gasteiger charge is 1.94. The first-order valence-corrected chi connectivity index (χ1v) is 3.91. The maximum absolute atomic E-state index is 3.92. The van der Waals surface area contributed by atoms with Crippen LogP contribution in [0.2, 0.25) is 0 Å². The van der Waals surface area contributed by atoms with Crippen LogP contribution in [0.25, 0.3) is 10.8 Å². The Hall–Kier alpha value is -1.01. The van der Waals surface area contributed by atoms with Gasteiger partial charge in [-0.05, 0) is 0 Å². The highest BCUT2D eigenvalue weighted by molar-refractivity contribution is 7.27. The third-order valence-electron chi connectivity index (χ3n) is 1.60. The van der Waals surface area contributed by atoms with E-state index in [1.54, 1.807) is 6.20 Å². The first-order valence-electron chi connectivity index (χ1n) is 3.34. The van der Waals surface area contributed by atoms with Crippen molar-refractivity contribution in [3.63, 3.8) is 0 Å². The van der Waals surface area contributed by atoms with Gasteiger partial charge >= 0.3 is 0 Å². The molecule has 0 saturated carbocycles. The van der Waals surface area contributed by atoms with Crippen molar-refractivity contribution in [2.45, 2.75) is 0 Å². The molecule has 0 aliphatic carbocycles. The molecule has 0 spiro atoms. The van der Waals surface area contributed by atoms with E-state index in [2.05, 4.69) is 19.4 Å². The fourth-order valence-corrected chi connectivity index (χ4v) is 1.38. The summed E-state index contributed by atoms with van der Waals surface area (Å²) in [4.78, 5) is 0. The molecule has 3 heteroatoms. The molecule has 1 aromatic carbocycles. The summed E-state index contributed by atoms with van der Waals surface area (Å²) in [5.41, 5.74) is 0.906. The molecule has 1 aromatic heterocycles. The van der Waals surface area contributed by atoms with Crippen molar-refractivity contribution in [3.05, 3.63) is 30.5 Å². The van der Waals surface area contributed by atoms with E-state index in [1.165, 1.54) is 0 Å². The molecule has 1 atom stereocenters. The third kappa shape index (κ3) is 1.10. The second-order valence-corrected chi connectivity index (χ2v) is 2.86. The molecule has 1 unspecified atom stereocenters. The lowest BCUT2D eigenvalue weighted by Gasteiger charge is -1.96. The van der Waals surface area contributed by atoms with Crippen molar-refractivity contribution in [2.75, 3.05) is 0 Å². The number of benzene rings is 1. The van der Waals surface area contributed by atoms with Gasteiger partial charge in [0.15, 0.2) is 0 Å². The summed E-state index contributed by atoms with van der Waals surface area (Å²) in [6.45, 7) is 0. The van der Waals surface area contributed by atoms with Crippen LogP contribution in [-0.4, -0.2) is 10.2 Å². The fraction of sp³-hybridized carbons (Fsp3) is 0. The van der Waals surface area contributed by atoms with Crippen LogP contribution in [0.3, 0.4) is 0 Å². The van der Waals surface area contributed by atoms with Gasteiger partial charge in [-0.15, -0.1) is 0 Å². The van der Waals surface area contributed by atoms with Crippen LogP contribution in [0.5, 0.6) is 0 Å². The quantitative estimate of drug-likeness (QED) is 0.542. The zero-order valence-corrected chi connectivity index (χ0v) is 7.01. The monoisotopic (exact) mass is 162 g/mol. The largest absolute Gasteiger partial charge is 0.158 e. The number of nitrogens with zero attached hydrogens (tertiary/aromatic N) is 2. The van der Waals surface area contributed by atoms with E-state index >= 15 is 0 Å². The van der Waals surface area contributed by atoms with Gasteiger partial charge in [0.05, 0.1) is 11.6 Å². The van der Waals surface area contributed by atoms with Crippen LogP contribution in [0, 0.1) is 0 Å². The van der Waals surface area contributed by atoms with Crippen molar-refractivity contribution in [3.8, 4) is 0 Å². The van der Waals surface area contributed by atoms with Crippen LogP contribution in [0.1, 0.15) is 0 Å². The molecule has 2 rings (SSSR count). The summed E-state index contributed by atoms with van der Waals surface area (Å²) in [5, 5.41) is 10.0. The van der Waals surface area contributed by atoms with Gasteiger partial charge in [-0.1, -0.05) is 33.5 Å². The lowest BCUT2D eigenvalue weighted by atomic mass is 10.2. The molecule has 2 aromatic rings. The van der Waals surface area contributed by atoms with Gasteiger partial charge in [-0.2, -0.15) is 10.2 Å². The second kappa shape index (κ2) is 2.55. The molecule has 0 aliphatic rings. The summed E-state index contributed by atoms with van der Waals surface area (Å²) < 4.78 is 0. The first-order chi connectivity index (χ1) is 5.38. The number of hydrogen-bond donors (Lipinski definition) is 0.